The molecule has 17 heavy (non-hydrogen) atoms. The van der Waals surface area contributed by atoms with E-state index in [1.165, 1.54) is 11.1 Å². The molecular weight excluding hydrogens is 327 g/mol. The van der Waals surface area contributed by atoms with Crippen LogP contribution in [0.5, 0.6) is 0 Å². The second-order valence-corrected chi connectivity index (χ2v) is 5.26. The first-order chi connectivity index (χ1) is 8.08. The number of halogens is 1. The van der Waals surface area contributed by atoms with E-state index in [4.69, 9.17) is 0 Å². The maximum absolute atomic E-state index is 11.8. The molecule has 2 aromatic rings. The van der Waals surface area contributed by atoms with Crippen LogP contribution in [0, 0.1) is 17.4 Å². The van der Waals surface area contributed by atoms with Gasteiger partial charge in [-0.3, -0.25) is 9.36 Å². The highest BCUT2D eigenvalue weighted by atomic mass is 127. The van der Waals surface area contributed by atoms with Crippen LogP contribution in [0.4, 0.5) is 0 Å². The number of nitrogens with zero attached hydrogens (tertiary/aromatic N) is 2. The van der Waals surface area contributed by atoms with Crippen LogP contribution in [0.25, 0.3) is 0 Å². The van der Waals surface area contributed by atoms with Crippen molar-refractivity contribution >= 4 is 22.6 Å². The molecule has 1 heterocycles. The fraction of sp³-hybridized carbons (Fsp3) is 0.231. The Morgan fingerprint density at radius 3 is 2.76 bits per heavy atom. The van der Waals surface area contributed by atoms with E-state index < -0.39 is 0 Å². The van der Waals surface area contributed by atoms with Gasteiger partial charge in [-0.05, 0) is 53.1 Å². The molecule has 0 fully saturated rings. The number of benzene rings is 1. The number of hydrogen-bond donors (Lipinski definition) is 0. The van der Waals surface area contributed by atoms with Gasteiger partial charge in [0.2, 0.25) is 0 Å². The molecule has 1 aromatic heterocycles. The predicted octanol–water partition coefficient (Wildman–Crippen LogP) is 2.51. The normalized spacial score (nSPS) is 10.5. The summed E-state index contributed by atoms with van der Waals surface area (Å²) < 4.78 is 2.28. The van der Waals surface area contributed by atoms with Crippen LogP contribution >= 0.6 is 22.6 Å². The van der Waals surface area contributed by atoms with Gasteiger partial charge >= 0.3 is 0 Å². The molecule has 0 spiro atoms. The summed E-state index contributed by atoms with van der Waals surface area (Å²) in [5.74, 6) is 0. The van der Waals surface area contributed by atoms with Crippen LogP contribution in [0.3, 0.4) is 0 Å². The van der Waals surface area contributed by atoms with Gasteiger partial charge in [-0.2, -0.15) is 0 Å². The van der Waals surface area contributed by atoms with E-state index in [1.807, 2.05) is 22.6 Å². The molecule has 4 heteroatoms. The fourth-order valence-electron chi connectivity index (χ4n) is 1.64. The third-order valence-corrected chi connectivity index (χ3v) is 3.52. The Balaban J connectivity index is 2.35. The van der Waals surface area contributed by atoms with Gasteiger partial charge in [0, 0.05) is 6.20 Å². The summed E-state index contributed by atoms with van der Waals surface area (Å²) in [4.78, 5) is 15.9. The van der Waals surface area contributed by atoms with Crippen LogP contribution in [-0.2, 0) is 6.54 Å². The Labute approximate surface area is 114 Å². The zero-order valence-corrected chi connectivity index (χ0v) is 11.9. The number of rotatable bonds is 2. The Kier molecular flexibility index (Phi) is 3.61. The van der Waals surface area contributed by atoms with E-state index in [0.717, 1.165) is 5.56 Å². The summed E-state index contributed by atoms with van der Waals surface area (Å²) in [6.45, 7) is 4.73. The maximum Gasteiger partial charge on any atom is 0.267 e. The van der Waals surface area contributed by atoms with E-state index in [2.05, 4.69) is 37.0 Å². The van der Waals surface area contributed by atoms with Crippen LogP contribution in [-0.4, -0.2) is 9.55 Å². The standard InChI is InChI=1S/C13H13IN2O/c1-9-3-4-11(5-10(9)2)7-16-8-15-6-12(14)13(16)17/h3-6,8H,7H2,1-2H3. The van der Waals surface area contributed by atoms with Gasteiger partial charge in [0.05, 0.1) is 16.4 Å². The maximum atomic E-state index is 11.8. The quantitative estimate of drug-likeness (QED) is 0.788. The average molecular weight is 340 g/mol. The first-order valence-corrected chi connectivity index (χ1v) is 6.42. The van der Waals surface area contributed by atoms with Crippen molar-refractivity contribution in [3.05, 3.63) is 61.3 Å². The van der Waals surface area contributed by atoms with Gasteiger partial charge < -0.3 is 0 Å². The Morgan fingerprint density at radius 1 is 1.29 bits per heavy atom. The smallest absolute Gasteiger partial charge is 0.267 e. The molecular formula is C13H13IN2O. The molecule has 0 aliphatic carbocycles. The average Bonchev–Trinajstić information content (AvgIpc) is 2.30. The van der Waals surface area contributed by atoms with Gasteiger partial charge in [-0.25, -0.2) is 4.98 Å². The minimum Gasteiger partial charge on any atom is -0.294 e. The van der Waals surface area contributed by atoms with Gasteiger partial charge in [-0.1, -0.05) is 18.2 Å². The molecule has 0 radical (unpaired) electrons. The number of aromatic nitrogens is 2. The first kappa shape index (κ1) is 12.3. The molecule has 0 unspecified atom stereocenters. The zero-order valence-electron chi connectivity index (χ0n) is 9.77. The lowest BCUT2D eigenvalue weighted by Crippen LogP contribution is -2.22. The summed E-state index contributed by atoms with van der Waals surface area (Å²) in [6.07, 6.45) is 3.17. The highest BCUT2D eigenvalue weighted by molar-refractivity contribution is 14.1. The minimum absolute atomic E-state index is 0.0128. The molecule has 0 bridgehead atoms. The second kappa shape index (κ2) is 5.00. The number of aryl methyl sites for hydroxylation is 2. The summed E-state index contributed by atoms with van der Waals surface area (Å²) in [7, 11) is 0. The third kappa shape index (κ3) is 2.74. The second-order valence-electron chi connectivity index (χ2n) is 4.09. The SMILES string of the molecule is Cc1ccc(Cn2cncc(I)c2=O)cc1C. The summed E-state index contributed by atoms with van der Waals surface area (Å²) in [5, 5.41) is 0. The minimum atomic E-state index is 0.0128. The first-order valence-electron chi connectivity index (χ1n) is 5.34. The van der Waals surface area contributed by atoms with Gasteiger partial charge in [0.1, 0.15) is 0 Å². The van der Waals surface area contributed by atoms with Crippen molar-refractivity contribution in [2.75, 3.05) is 0 Å². The van der Waals surface area contributed by atoms with Crippen molar-refractivity contribution in [2.24, 2.45) is 0 Å². The van der Waals surface area contributed by atoms with Crippen LogP contribution in [0.15, 0.2) is 35.5 Å². The van der Waals surface area contributed by atoms with E-state index in [9.17, 15) is 4.79 Å². The van der Waals surface area contributed by atoms with Crippen molar-refractivity contribution in [1.29, 1.82) is 0 Å². The van der Waals surface area contributed by atoms with Crippen molar-refractivity contribution < 1.29 is 0 Å². The van der Waals surface area contributed by atoms with E-state index in [0.29, 0.717) is 10.1 Å². The largest absolute Gasteiger partial charge is 0.294 e. The number of hydrogen-bond acceptors (Lipinski definition) is 2. The molecule has 0 atom stereocenters. The van der Waals surface area contributed by atoms with E-state index in [-0.39, 0.29) is 5.56 Å². The van der Waals surface area contributed by atoms with Crippen LogP contribution in [0.1, 0.15) is 16.7 Å². The molecule has 2 rings (SSSR count). The lowest BCUT2D eigenvalue weighted by Gasteiger charge is -2.07. The van der Waals surface area contributed by atoms with E-state index >= 15 is 0 Å². The lowest BCUT2D eigenvalue weighted by atomic mass is 10.1. The summed E-state index contributed by atoms with van der Waals surface area (Å²) in [5.41, 5.74) is 3.65. The predicted molar refractivity (Wildman–Crippen MR) is 76.2 cm³/mol. The molecule has 0 amide bonds. The molecule has 0 aliphatic heterocycles. The van der Waals surface area contributed by atoms with Crippen LogP contribution in [0.2, 0.25) is 0 Å². The van der Waals surface area contributed by atoms with Crippen molar-refractivity contribution in [3.8, 4) is 0 Å². The molecule has 3 nitrogen and oxygen atoms in total. The lowest BCUT2D eigenvalue weighted by molar-refractivity contribution is 0.729. The third-order valence-electron chi connectivity index (χ3n) is 2.78. The Hall–Kier alpha value is -1.17. The van der Waals surface area contributed by atoms with Gasteiger partial charge in [0.25, 0.3) is 5.56 Å². The topological polar surface area (TPSA) is 34.9 Å². The fourth-order valence-corrected chi connectivity index (χ4v) is 2.11. The van der Waals surface area contributed by atoms with Crippen molar-refractivity contribution in [1.82, 2.24) is 9.55 Å². The summed E-state index contributed by atoms with van der Waals surface area (Å²) in [6, 6.07) is 6.24. The molecule has 0 saturated heterocycles. The van der Waals surface area contributed by atoms with Crippen molar-refractivity contribution in [2.45, 2.75) is 20.4 Å². The molecule has 0 N–H and O–H groups in total. The highest BCUT2D eigenvalue weighted by Crippen LogP contribution is 2.10. The zero-order chi connectivity index (χ0) is 12.4. The molecule has 0 saturated carbocycles. The highest BCUT2D eigenvalue weighted by Gasteiger charge is 2.02. The molecule has 88 valence electrons. The molecule has 0 aliphatic rings. The molecule has 1 aromatic carbocycles. The van der Waals surface area contributed by atoms with Gasteiger partial charge in [-0.15, -0.1) is 0 Å². The van der Waals surface area contributed by atoms with E-state index in [1.54, 1.807) is 17.1 Å². The monoisotopic (exact) mass is 340 g/mol. The summed E-state index contributed by atoms with van der Waals surface area (Å²) >= 11 is 2.01. The Bertz CT molecular complexity index is 605. The van der Waals surface area contributed by atoms with Crippen LogP contribution < -0.4 is 5.56 Å². The Morgan fingerprint density at radius 2 is 2.06 bits per heavy atom. The van der Waals surface area contributed by atoms with Crippen molar-refractivity contribution in [3.63, 3.8) is 0 Å². The van der Waals surface area contributed by atoms with Gasteiger partial charge in [0.15, 0.2) is 0 Å².